The Morgan fingerprint density at radius 2 is 1.89 bits per heavy atom. The van der Waals surface area contributed by atoms with E-state index in [1.165, 1.54) is 0 Å². The lowest BCUT2D eigenvalue weighted by Gasteiger charge is -2.40. The van der Waals surface area contributed by atoms with Crippen LogP contribution >= 0.6 is 27.5 Å². The quantitative estimate of drug-likeness (QED) is 0.498. The van der Waals surface area contributed by atoms with Gasteiger partial charge in [0.05, 0.1) is 10.8 Å². The van der Waals surface area contributed by atoms with E-state index < -0.39 is 10.8 Å². The summed E-state index contributed by atoms with van der Waals surface area (Å²) in [5.41, 5.74) is 2.50. The topological polar surface area (TPSA) is 61.9 Å². The zero-order chi connectivity index (χ0) is 24.8. The van der Waals surface area contributed by atoms with Crippen molar-refractivity contribution >= 4 is 44.2 Å². The SMILES string of the molecule is CCS(=O)c1ccc(Cl)cc1CNC(=O)c1cc(Br)cc(CN2CCN(C3CCOCC3)CC2)c1. The van der Waals surface area contributed by atoms with Crippen LogP contribution < -0.4 is 5.32 Å². The van der Waals surface area contributed by atoms with Crippen molar-refractivity contribution in [2.24, 2.45) is 0 Å². The van der Waals surface area contributed by atoms with Gasteiger partial charge in [-0.2, -0.15) is 0 Å². The van der Waals surface area contributed by atoms with E-state index in [1.807, 2.05) is 19.1 Å². The highest BCUT2D eigenvalue weighted by atomic mass is 79.9. The smallest absolute Gasteiger partial charge is 0.251 e. The molecule has 35 heavy (non-hydrogen) atoms. The number of ether oxygens (including phenoxy) is 1. The van der Waals surface area contributed by atoms with Crippen LogP contribution in [0.3, 0.4) is 0 Å². The van der Waals surface area contributed by atoms with E-state index in [0.29, 0.717) is 27.3 Å². The Hall–Kier alpha value is -1.29. The normalized spacial score (nSPS) is 18.9. The molecule has 2 saturated heterocycles. The van der Waals surface area contributed by atoms with Gasteiger partial charge < -0.3 is 10.1 Å². The Bertz CT molecular complexity index is 1060. The van der Waals surface area contributed by atoms with Crippen molar-refractivity contribution in [3.63, 3.8) is 0 Å². The third-order valence-electron chi connectivity index (χ3n) is 6.71. The van der Waals surface area contributed by atoms with Crippen LogP contribution in [0.5, 0.6) is 0 Å². The minimum absolute atomic E-state index is 0.162. The number of hydrogen-bond donors (Lipinski definition) is 1. The van der Waals surface area contributed by atoms with Gasteiger partial charge in [-0.15, -0.1) is 0 Å². The molecule has 0 aromatic heterocycles. The lowest BCUT2D eigenvalue weighted by atomic mass is 10.1. The second-order valence-corrected chi connectivity index (χ2v) is 12.1. The third-order valence-corrected chi connectivity index (χ3v) is 8.82. The average molecular weight is 583 g/mol. The number of amides is 1. The van der Waals surface area contributed by atoms with Crippen molar-refractivity contribution in [2.45, 2.75) is 43.8 Å². The van der Waals surface area contributed by atoms with Crippen molar-refractivity contribution in [3.05, 3.63) is 62.6 Å². The Labute approximate surface area is 223 Å². The largest absolute Gasteiger partial charge is 0.381 e. The number of halogens is 2. The number of benzene rings is 2. The molecule has 0 radical (unpaired) electrons. The van der Waals surface area contributed by atoms with E-state index in [1.54, 1.807) is 18.2 Å². The molecule has 6 nitrogen and oxygen atoms in total. The number of hydrogen-bond acceptors (Lipinski definition) is 5. The van der Waals surface area contributed by atoms with E-state index in [-0.39, 0.29) is 12.5 Å². The maximum Gasteiger partial charge on any atom is 0.251 e. The summed E-state index contributed by atoms with van der Waals surface area (Å²) in [5, 5.41) is 3.54. The Morgan fingerprint density at radius 3 is 2.60 bits per heavy atom. The minimum Gasteiger partial charge on any atom is -0.381 e. The maximum absolute atomic E-state index is 13.0. The minimum atomic E-state index is -1.12. The standard InChI is InChI=1S/C26H33BrClN3O3S/c1-2-35(33)25-4-3-23(28)16-21(25)17-29-26(32)20-13-19(14-22(27)15-20)18-30-7-9-31(10-8-30)24-5-11-34-12-6-24/h3-4,13-16,24H,2,5-12,17-18H2,1H3,(H,29,32). The van der Waals surface area contributed by atoms with E-state index in [2.05, 4.69) is 37.1 Å². The number of piperazine rings is 1. The number of nitrogens with zero attached hydrogens (tertiary/aromatic N) is 2. The maximum atomic E-state index is 13.0. The number of carbonyl (C=O) groups is 1. The van der Waals surface area contributed by atoms with Crippen LogP contribution in [0.1, 0.15) is 41.3 Å². The van der Waals surface area contributed by atoms with Gasteiger partial charge in [0.25, 0.3) is 5.91 Å². The molecule has 1 amide bonds. The van der Waals surface area contributed by atoms with Crippen LogP contribution in [0, 0.1) is 0 Å². The molecular weight excluding hydrogens is 550 g/mol. The van der Waals surface area contributed by atoms with Crippen molar-refractivity contribution in [2.75, 3.05) is 45.1 Å². The molecule has 0 bridgehead atoms. The third kappa shape index (κ3) is 7.37. The predicted octanol–water partition coefficient (Wildman–Crippen LogP) is 4.46. The summed E-state index contributed by atoms with van der Waals surface area (Å²) in [5.74, 6) is 0.353. The number of rotatable bonds is 8. The second-order valence-electron chi connectivity index (χ2n) is 9.07. The summed E-state index contributed by atoms with van der Waals surface area (Å²) in [4.78, 5) is 18.8. The summed E-state index contributed by atoms with van der Waals surface area (Å²) in [6.45, 7) is 8.92. The van der Waals surface area contributed by atoms with Crippen LogP contribution in [0.4, 0.5) is 0 Å². The van der Waals surface area contributed by atoms with Gasteiger partial charge >= 0.3 is 0 Å². The molecule has 1 N–H and O–H groups in total. The molecule has 2 aromatic rings. The lowest BCUT2D eigenvalue weighted by molar-refractivity contribution is 0.0126. The molecule has 1 unspecified atom stereocenters. The van der Waals surface area contributed by atoms with Gasteiger partial charge in [-0.25, -0.2) is 0 Å². The van der Waals surface area contributed by atoms with Gasteiger partial charge in [-0.05, 0) is 60.4 Å². The fraction of sp³-hybridized carbons (Fsp3) is 0.500. The first-order valence-corrected chi connectivity index (χ1v) is 14.7. The Kier molecular flexibility index (Phi) is 9.78. The molecular formula is C26H33BrClN3O3S. The summed E-state index contributed by atoms with van der Waals surface area (Å²) in [7, 11) is -1.12. The summed E-state index contributed by atoms with van der Waals surface area (Å²) in [6.07, 6.45) is 2.27. The molecule has 2 fully saturated rings. The molecule has 2 aliphatic heterocycles. The van der Waals surface area contributed by atoms with E-state index in [0.717, 1.165) is 74.4 Å². The van der Waals surface area contributed by atoms with Gasteiger partial charge in [0.15, 0.2) is 0 Å². The first kappa shape index (κ1) is 26.8. The van der Waals surface area contributed by atoms with E-state index in [9.17, 15) is 9.00 Å². The fourth-order valence-electron chi connectivity index (χ4n) is 4.81. The van der Waals surface area contributed by atoms with Crippen LogP contribution in [0.15, 0.2) is 45.8 Å². The first-order valence-electron chi connectivity index (χ1n) is 12.2. The molecule has 2 aliphatic rings. The predicted molar refractivity (Wildman–Crippen MR) is 144 cm³/mol. The van der Waals surface area contributed by atoms with Crippen molar-refractivity contribution in [1.29, 1.82) is 0 Å². The average Bonchev–Trinajstić information content (AvgIpc) is 2.87. The van der Waals surface area contributed by atoms with Gasteiger partial charge in [-0.3, -0.25) is 18.8 Å². The van der Waals surface area contributed by atoms with E-state index >= 15 is 0 Å². The fourth-order valence-corrected chi connectivity index (χ4v) is 6.50. The van der Waals surface area contributed by atoms with Crippen LogP contribution in [0.2, 0.25) is 5.02 Å². The molecule has 2 aromatic carbocycles. The lowest BCUT2D eigenvalue weighted by Crippen LogP contribution is -2.51. The van der Waals surface area contributed by atoms with Crippen LogP contribution in [-0.4, -0.2) is 71.1 Å². The number of nitrogens with one attached hydrogen (secondary N) is 1. The molecule has 0 saturated carbocycles. The zero-order valence-corrected chi connectivity index (χ0v) is 23.3. The molecule has 2 heterocycles. The monoisotopic (exact) mass is 581 g/mol. The van der Waals surface area contributed by atoms with Gasteiger partial charge in [0, 0.05) is 84.2 Å². The number of carbonyl (C=O) groups excluding carboxylic acids is 1. The van der Waals surface area contributed by atoms with Gasteiger partial charge in [-0.1, -0.05) is 34.5 Å². The molecule has 0 spiro atoms. The summed E-state index contributed by atoms with van der Waals surface area (Å²) in [6, 6.07) is 11.8. The molecule has 190 valence electrons. The zero-order valence-electron chi connectivity index (χ0n) is 20.1. The van der Waals surface area contributed by atoms with Crippen molar-refractivity contribution in [3.8, 4) is 0 Å². The Morgan fingerprint density at radius 1 is 1.14 bits per heavy atom. The van der Waals surface area contributed by atoms with Crippen LogP contribution in [-0.2, 0) is 28.6 Å². The Balaban J connectivity index is 1.36. The summed E-state index contributed by atoms with van der Waals surface area (Å²) >= 11 is 9.73. The molecule has 0 aliphatic carbocycles. The van der Waals surface area contributed by atoms with Gasteiger partial charge in [0.2, 0.25) is 0 Å². The highest BCUT2D eigenvalue weighted by Gasteiger charge is 2.25. The molecule has 4 rings (SSSR count). The van der Waals surface area contributed by atoms with Gasteiger partial charge in [0.1, 0.15) is 0 Å². The highest BCUT2D eigenvalue weighted by Crippen LogP contribution is 2.22. The van der Waals surface area contributed by atoms with Crippen molar-refractivity contribution in [1.82, 2.24) is 15.1 Å². The second kappa shape index (κ2) is 12.8. The molecule has 1 atom stereocenters. The first-order chi connectivity index (χ1) is 16.9. The van der Waals surface area contributed by atoms with Crippen molar-refractivity contribution < 1.29 is 13.7 Å². The summed E-state index contributed by atoms with van der Waals surface area (Å²) < 4.78 is 18.8. The van der Waals surface area contributed by atoms with E-state index in [4.69, 9.17) is 16.3 Å². The van der Waals surface area contributed by atoms with Crippen LogP contribution in [0.25, 0.3) is 0 Å². The molecule has 9 heteroatoms. The highest BCUT2D eigenvalue weighted by molar-refractivity contribution is 9.10.